The van der Waals surface area contributed by atoms with Gasteiger partial charge in [-0.15, -0.1) is 0 Å². The lowest BCUT2D eigenvalue weighted by atomic mass is 10.4. The third-order valence-corrected chi connectivity index (χ3v) is 24.6. The van der Waals surface area contributed by atoms with Gasteiger partial charge in [-0.2, -0.15) is 0 Å². The van der Waals surface area contributed by atoms with Crippen LogP contribution < -0.4 is 0 Å². The van der Waals surface area contributed by atoms with E-state index in [1.807, 2.05) is 0 Å². The third-order valence-electron chi connectivity index (χ3n) is 4.11. The highest BCUT2D eigenvalue weighted by Gasteiger charge is 2.32. The Hall–Kier alpha value is 1.30. The molecule has 0 N–H and O–H groups in total. The molecule has 0 spiro atoms. The first-order chi connectivity index (χ1) is 9.49. The van der Waals surface area contributed by atoms with E-state index in [4.69, 9.17) is 23.6 Å². The first-order valence-electron chi connectivity index (χ1n) is 8.66. The number of unbranched alkanes of at least 4 members (excludes halogenated alkanes) is 4. The Kier molecular flexibility index (Phi) is 12.6. The highest BCUT2D eigenvalue weighted by molar-refractivity contribution is 8.66. The van der Waals surface area contributed by atoms with E-state index < -0.39 is 11.5 Å². The van der Waals surface area contributed by atoms with E-state index >= 15 is 0 Å². The summed E-state index contributed by atoms with van der Waals surface area (Å²) in [6.07, 6.45) is 15.6. The summed E-state index contributed by atoms with van der Waals surface area (Å²) in [6.45, 7) is 9.17. The fraction of sp³-hybridized carbons (Fsp3) is 1.00. The molecule has 0 aromatic rings. The monoisotopic (exact) mass is 354 g/mol. The second kappa shape index (κ2) is 11.8. The molecular weight excluding hydrogens is 318 g/mol. The van der Waals surface area contributed by atoms with Gasteiger partial charge in [0.15, 0.2) is 0 Å². The van der Waals surface area contributed by atoms with Gasteiger partial charge in [0.25, 0.3) is 0 Å². The van der Waals surface area contributed by atoms with E-state index in [0.29, 0.717) is 0 Å². The van der Waals surface area contributed by atoms with Crippen molar-refractivity contribution in [3.05, 3.63) is 0 Å². The van der Waals surface area contributed by atoms with Crippen LogP contribution in [0.5, 0.6) is 0 Å². The largest absolute Gasteiger partial charge is 0.0919 e. The molecule has 0 aromatic heterocycles. The zero-order chi connectivity index (χ0) is 15.5. The van der Waals surface area contributed by atoms with Gasteiger partial charge in [0.2, 0.25) is 0 Å². The van der Waals surface area contributed by atoms with Gasteiger partial charge in [0.05, 0.1) is 0 Å². The summed E-state index contributed by atoms with van der Waals surface area (Å²) >= 11 is 12.7. The Bertz CT molecular complexity index is 270. The minimum absolute atomic E-state index is 1.27. The van der Waals surface area contributed by atoms with Crippen LogP contribution in [0.2, 0.25) is 0 Å². The number of rotatable bonds is 13. The van der Waals surface area contributed by atoms with Crippen LogP contribution in [0.4, 0.5) is 0 Å². The van der Waals surface area contributed by atoms with Crippen molar-refractivity contribution in [1.29, 1.82) is 0 Å². The Morgan fingerprint density at radius 2 is 0.700 bits per heavy atom. The Morgan fingerprint density at radius 3 is 0.850 bits per heavy atom. The molecule has 0 atom stereocenters. The maximum Gasteiger partial charge on any atom is -0.0129 e. The summed E-state index contributed by atoms with van der Waals surface area (Å²) in [5, 5.41) is 0. The van der Waals surface area contributed by atoms with Crippen molar-refractivity contribution in [3.8, 4) is 0 Å². The Morgan fingerprint density at radius 1 is 0.500 bits per heavy atom. The van der Waals surface area contributed by atoms with Crippen LogP contribution in [-0.4, -0.2) is 24.6 Å². The van der Waals surface area contributed by atoms with Gasteiger partial charge in [0, 0.05) is 0 Å². The van der Waals surface area contributed by atoms with Crippen LogP contribution in [0.15, 0.2) is 0 Å². The van der Waals surface area contributed by atoms with Crippen molar-refractivity contribution in [2.24, 2.45) is 0 Å². The van der Waals surface area contributed by atoms with Crippen molar-refractivity contribution in [2.45, 2.75) is 79.1 Å². The van der Waals surface area contributed by atoms with E-state index in [0.717, 1.165) is 0 Å². The van der Waals surface area contributed by atoms with Crippen LogP contribution >= 0.6 is 11.5 Å². The topological polar surface area (TPSA) is 0 Å². The maximum absolute atomic E-state index is 6.35. The average molecular weight is 355 g/mol. The lowest BCUT2D eigenvalue weighted by Crippen LogP contribution is -2.04. The zero-order valence-electron chi connectivity index (χ0n) is 14.2. The van der Waals surface area contributed by atoms with Crippen LogP contribution in [0.25, 0.3) is 0 Å². The molecule has 0 unspecified atom stereocenters. The van der Waals surface area contributed by atoms with Crippen molar-refractivity contribution in [3.63, 3.8) is 0 Å². The van der Waals surface area contributed by atoms with Crippen molar-refractivity contribution >= 4 is 35.1 Å². The van der Waals surface area contributed by atoms with E-state index in [1.165, 1.54) is 76.0 Å². The SMILES string of the molecule is CCCCP(=S)(CCCC)P(=S)(CCCC)CCCC. The molecule has 0 nitrogen and oxygen atoms in total. The minimum atomic E-state index is -1.27. The van der Waals surface area contributed by atoms with Crippen molar-refractivity contribution < 1.29 is 0 Å². The zero-order valence-corrected chi connectivity index (χ0v) is 17.6. The molecule has 20 heavy (non-hydrogen) atoms. The molecule has 0 aliphatic carbocycles. The lowest BCUT2D eigenvalue weighted by Gasteiger charge is -2.36. The summed E-state index contributed by atoms with van der Waals surface area (Å²) in [5.74, 6) is 0. The summed E-state index contributed by atoms with van der Waals surface area (Å²) in [5.41, 5.74) is -2.55. The van der Waals surface area contributed by atoms with Gasteiger partial charge < -0.3 is 0 Å². The van der Waals surface area contributed by atoms with Crippen molar-refractivity contribution in [1.82, 2.24) is 0 Å². The molecule has 122 valence electrons. The molecule has 0 saturated carbocycles. The van der Waals surface area contributed by atoms with E-state index in [9.17, 15) is 0 Å². The normalized spacial score (nSPS) is 12.8. The summed E-state index contributed by atoms with van der Waals surface area (Å²) < 4.78 is 0. The molecule has 0 radical (unpaired) electrons. The van der Waals surface area contributed by atoms with Gasteiger partial charge in [-0.25, -0.2) is 0 Å². The van der Waals surface area contributed by atoms with Crippen LogP contribution in [0.1, 0.15) is 79.1 Å². The highest BCUT2D eigenvalue weighted by atomic mass is 32.8. The fourth-order valence-corrected chi connectivity index (χ4v) is 18.3. The average Bonchev–Trinajstić information content (AvgIpc) is 2.46. The summed E-state index contributed by atoms with van der Waals surface area (Å²) in [6, 6.07) is 0. The van der Waals surface area contributed by atoms with Gasteiger partial charge in [-0.05, 0) is 61.8 Å². The molecule has 0 bridgehead atoms. The second-order valence-electron chi connectivity index (χ2n) is 6.00. The van der Waals surface area contributed by atoms with Crippen molar-refractivity contribution in [2.75, 3.05) is 24.6 Å². The van der Waals surface area contributed by atoms with Crippen LogP contribution in [0, 0.1) is 0 Å². The molecule has 0 amide bonds. The molecule has 0 fully saturated rings. The van der Waals surface area contributed by atoms with E-state index in [-0.39, 0.29) is 0 Å². The molecule has 0 aliphatic heterocycles. The quantitative estimate of drug-likeness (QED) is 0.325. The molecular formula is C16H36P2S2. The fourth-order valence-electron chi connectivity index (χ4n) is 2.57. The molecule has 0 heterocycles. The molecule has 0 rings (SSSR count). The summed E-state index contributed by atoms with van der Waals surface area (Å²) in [4.78, 5) is 0. The van der Waals surface area contributed by atoms with E-state index in [1.54, 1.807) is 0 Å². The van der Waals surface area contributed by atoms with Gasteiger partial charge in [-0.1, -0.05) is 77.0 Å². The van der Waals surface area contributed by atoms with Crippen LogP contribution in [0.3, 0.4) is 0 Å². The lowest BCUT2D eigenvalue weighted by molar-refractivity contribution is 0.863. The van der Waals surface area contributed by atoms with Gasteiger partial charge in [0.1, 0.15) is 0 Å². The predicted octanol–water partition coefficient (Wildman–Crippen LogP) is 7.06. The Balaban J connectivity index is 5.14. The summed E-state index contributed by atoms with van der Waals surface area (Å²) in [7, 11) is 0. The first-order valence-corrected chi connectivity index (χ1v) is 15.7. The van der Waals surface area contributed by atoms with Crippen LogP contribution in [-0.2, 0) is 23.6 Å². The van der Waals surface area contributed by atoms with E-state index in [2.05, 4.69) is 27.7 Å². The Labute approximate surface area is 138 Å². The molecule has 0 aromatic carbocycles. The minimum Gasteiger partial charge on any atom is -0.0919 e. The number of hydrogen-bond donors (Lipinski definition) is 0. The predicted molar refractivity (Wildman–Crippen MR) is 108 cm³/mol. The second-order valence-corrected chi connectivity index (χ2v) is 21.6. The molecule has 0 saturated heterocycles. The molecule has 0 aliphatic rings. The smallest absolute Gasteiger partial charge is 0.0129 e. The van der Waals surface area contributed by atoms with Gasteiger partial charge >= 0.3 is 0 Å². The highest BCUT2D eigenvalue weighted by Crippen LogP contribution is 2.82. The molecule has 4 heteroatoms. The van der Waals surface area contributed by atoms with Gasteiger partial charge in [-0.3, -0.25) is 0 Å². The first kappa shape index (κ1) is 21.3. The third kappa shape index (κ3) is 7.04. The maximum atomic E-state index is 6.35. The standard InChI is InChI=1S/C16H36P2S2/c1-5-9-13-17(19,14-10-6-2)18(20,15-11-7-3)16-12-8-4/h5-16H2,1-4H3. The number of hydrogen-bond acceptors (Lipinski definition) is 2.